The predicted octanol–water partition coefficient (Wildman–Crippen LogP) is 1.68. The number of carbonyl (C=O) groups excluding carboxylic acids is 1. The van der Waals surface area contributed by atoms with Crippen LogP contribution in [0.5, 0.6) is 0 Å². The molecule has 1 amide bonds. The van der Waals surface area contributed by atoms with Crippen molar-refractivity contribution in [3.63, 3.8) is 0 Å². The third-order valence-corrected chi connectivity index (χ3v) is 3.50. The molecule has 72 valence electrons. The number of fused-ring (bicyclic) bond motifs is 1. The van der Waals surface area contributed by atoms with Gasteiger partial charge >= 0.3 is 0 Å². The molecule has 2 aliphatic rings. The largest absolute Gasteiger partial charge is 0.352 e. The monoisotopic (exact) mass is 187 g/mol. The molecule has 3 rings (SSSR count). The minimum atomic E-state index is 0.258. The van der Waals surface area contributed by atoms with Gasteiger partial charge in [0.05, 0.1) is 5.92 Å². The maximum atomic E-state index is 11.2. The molecule has 1 saturated heterocycles. The fourth-order valence-electron chi connectivity index (χ4n) is 2.68. The highest BCUT2D eigenvalue weighted by Crippen LogP contribution is 2.42. The highest BCUT2D eigenvalue weighted by atomic mass is 16.2. The number of amides is 1. The number of carbonyl (C=O) groups is 1. The second-order valence-corrected chi connectivity index (χ2v) is 4.30. The lowest BCUT2D eigenvalue weighted by atomic mass is 9.94. The van der Waals surface area contributed by atoms with Gasteiger partial charge in [0.25, 0.3) is 0 Å². The molecule has 1 aliphatic carbocycles. The van der Waals surface area contributed by atoms with Crippen LogP contribution in [0.25, 0.3) is 0 Å². The van der Waals surface area contributed by atoms with E-state index in [0.717, 1.165) is 12.8 Å². The van der Waals surface area contributed by atoms with Crippen LogP contribution in [0.15, 0.2) is 30.3 Å². The number of rotatable bonds is 1. The molecular formula is C12H13NO. The van der Waals surface area contributed by atoms with Crippen molar-refractivity contribution in [2.24, 2.45) is 5.92 Å². The number of benzene rings is 1. The zero-order valence-electron chi connectivity index (χ0n) is 7.94. The van der Waals surface area contributed by atoms with Crippen molar-refractivity contribution in [3.05, 3.63) is 35.9 Å². The van der Waals surface area contributed by atoms with Crippen molar-refractivity contribution in [3.8, 4) is 0 Å². The first kappa shape index (κ1) is 8.04. The molecule has 14 heavy (non-hydrogen) atoms. The molecular weight excluding hydrogens is 174 g/mol. The van der Waals surface area contributed by atoms with E-state index in [2.05, 4.69) is 29.6 Å². The lowest BCUT2D eigenvalue weighted by Crippen LogP contribution is -2.54. The van der Waals surface area contributed by atoms with Gasteiger partial charge in [-0.2, -0.15) is 0 Å². The summed E-state index contributed by atoms with van der Waals surface area (Å²) in [5, 5.41) is 2.97. The van der Waals surface area contributed by atoms with E-state index in [0.29, 0.717) is 17.9 Å². The number of hydrogen-bond donors (Lipinski definition) is 1. The summed E-state index contributed by atoms with van der Waals surface area (Å²) < 4.78 is 0. The van der Waals surface area contributed by atoms with E-state index >= 15 is 0 Å². The average molecular weight is 187 g/mol. The average Bonchev–Trinajstić information content (AvgIpc) is 2.57. The van der Waals surface area contributed by atoms with Gasteiger partial charge in [-0.1, -0.05) is 30.3 Å². The molecule has 0 radical (unpaired) electrons. The zero-order valence-corrected chi connectivity index (χ0v) is 7.94. The minimum absolute atomic E-state index is 0.258. The standard InChI is InChI=1S/C12H13NO/c14-12-10-6-9(7-11(10)13-12)8-4-2-1-3-5-8/h1-5,9-11H,6-7H2,(H,13,14)/t9-,10+,11-/m0/s1. The Hall–Kier alpha value is -1.31. The first-order chi connectivity index (χ1) is 6.84. The molecule has 0 spiro atoms. The summed E-state index contributed by atoms with van der Waals surface area (Å²) in [6.07, 6.45) is 2.17. The quantitative estimate of drug-likeness (QED) is 0.666. The Morgan fingerprint density at radius 2 is 1.93 bits per heavy atom. The Morgan fingerprint density at radius 3 is 2.57 bits per heavy atom. The summed E-state index contributed by atoms with van der Waals surface area (Å²) in [5.41, 5.74) is 1.39. The second kappa shape index (κ2) is 2.84. The summed E-state index contributed by atoms with van der Waals surface area (Å²) in [4.78, 5) is 11.2. The fourth-order valence-corrected chi connectivity index (χ4v) is 2.68. The maximum Gasteiger partial charge on any atom is 0.225 e. The van der Waals surface area contributed by atoms with Crippen molar-refractivity contribution in [1.29, 1.82) is 0 Å². The van der Waals surface area contributed by atoms with Crippen molar-refractivity contribution in [1.82, 2.24) is 5.32 Å². The van der Waals surface area contributed by atoms with Gasteiger partial charge in [-0.3, -0.25) is 4.79 Å². The summed E-state index contributed by atoms with van der Waals surface area (Å²) in [6, 6.07) is 11.0. The molecule has 1 aliphatic heterocycles. The van der Waals surface area contributed by atoms with Crippen molar-refractivity contribution < 1.29 is 4.79 Å². The van der Waals surface area contributed by atoms with Crippen LogP contribution in [-0.4, -0.2) is 11.9 Å². The molecule has 0 bridgehead atoms. The van der Waals surface area contributed by atoms with Gasteiger partial charge in [-0.15, -0.1) is 0 Å². The van der Waals surface area contributed by atoms with E-state index < -0.39 is 0 Å². The van der Waals surface area contributed by atoms with E-state index in [1.54, 1.807) is 0 Å². The van der Waals surface area contributed by atoms with E-state index in [-0.39, 0.29) is 5.91 Å². The van der Waals surface area contributed by atoms with Crippen molar-refractivity contribution in [2.75, 3.05) is 0 Å². The molecule has 2 nitrogen and oxygen atoms in total. The van der Waals surface area contributed by atoms with Crippen LogP contribution >= 0.6 is 0 Å². The van der Waals surface area contributed by atoms with Gasteiger partial charge in [0.1, 0.15) is 0 Å². The van der Waals surface area contributed by atoms with Crippen LogP contribution < -0.4 is 5.32 Å². The molecule has 3 atom stereocenters. The maximum absolute atomic E-state index is 11.2. The Balaban J connectivity index is 1.80. The molecule has 0 unspecified atom stereocenters. The summed E-state index contributed by atoms with van der Waals surface area (Å²) >= 11 is 0. The van der Waals surface area contributed by atoms with Crippen LogP contribution in [0.1, 0.15) is 24.3 Å². The SMILES string of the molecule is O=C1N[C@H]2C[C@@H](c3ccccc3)C[C@@H]12. The third kappa shape index (κ3) is 1.07. The summed E-state index contributed by atoms with van der Waals surface area (Å²) in [6.45, 7) is 0. The van der Waals surface area contributed by atoms with Crippen LogP contribution in [-0.2, 0) is 4.79 Å². The molecule has 1 heterocycles. The molecule has 0 aromatic heterocycles. The Bertz CT molecular complexity index is 360. The Labute approximate surface area is 83.3 Å². The molecule has 1 aromatic carbocycles. The normalized spacial score (nSPS) is 34.6. The van der Waals surface area contributed by atoms with E-state index in [1.165, 1.54) is 5.56 Å². The van der Waals surface area contributed by atoms with Gasteiger partial charge in [0.2, 0.25) is 5.91 Å². The Kier molecular flexibility index (Phi) is 1.63. The van der Waals surface area contributed by atoms with Crippen LogP contribution in [0, 0.1) is 5.92 Å². The number of β-lactam (4-membered cyclic amide) rings is 1. The summed E-state index contributed by atoms with van der Waals surface area (Å²) in [7, 11) is 0. The van der Waals surface area contributed by atoms with Crippen molar-refractivity contribution >= 4 is 5.91 Å². The number of nitrogens with one attached hydrogen (secondary N) is 1. The van der Waals surface area contributed by atoms with Gasteiger partial charge in [0.15, 0.2) is 0 Å². The highest BCUT2D eigenvalue weighted by Gasteiger charge is 2.46. The fraction of sp³-hybridized carbons (Fsp3) is 0.417. The third-order valence-electron chi connectivity index (χ3n) is 3.50. The van der Waals surface area contributed by atoms with E-state index in [4.69, 9.17) is 0 Å². The molecule has 1 N–H and O–H groups in total. The summed E-state index contributed by atoms with van der Waals surface area (Å²) in [5.74, 6) is 1.15. The van der Waals surface area contributed by atoms with Crippen molar-refractivity contribution in [2.45, 2.75) is 24.8 Å². The van der Waals surface area contributed by atoms with Gasteiger partial charge in [-0.25, -0.2) is 0 Å². The molecule has 2 fully saturated rings. The lowest BCUT2D eigenvalue weighted by molar-refractivity contribution is -0.133. The Morgan fingerprint density at radius 1 is 1.14 bits per heavy atom. The van der Waals surface area contributed by atoms with Gasteiger partial charge in [-0.05, 0) is 24.3 Å². The van der Waals surface area contributed by atoms with E-state index in [1.807, 2.05) is 6.07 Å². The predicted molar refractivity (Wildman–Crippen MR) is 53.8 cm³/mol. The zero-order chi connectivity index (χ0) is 9.54. The smallest absolute Gasteiger partial charge is 0.225 e. The first-order valence-corrected chi connectivity index (χ1v) is 5.20. The topological polar surface area (TPSA) is 29.1 Å². The molecule has 1 aromatic rings. The lowest BCUT2D eigenvalue weighted by Gasteiger charge is -2.30. The molecule has 1 saturated carbocycles. The van der Waals surface area contributed by atoms with Gasteiger partial charge < -0.3 is 5.32 Å². The second-order valence-electron chi connectivity index (χ2n) is 4.30. The van der Waals surface area contributed by atoms with Crippen LogP contribution in [0.3, 0.4) is 0 Å². The first-order valence-electron chi connectivity index (χ1n) is 5.20. The van der Waals surface area contributed by atoms with Gasteiger partial charge in [0, 0.05) is 6.04 Å². The van der Waals surface area contributed by atoms with Crippen LogP contribution in [0.4, 0.5) is 0 Å². The van der Waals surface area contributed by atoms with E-state index in [9.17, 15) is 4.79 Å². The molecule has 2 heteroatoms. The van der Waals surface area contributed by atoms with Crippen LogP contribution in [0.2, 0.25) is 0 Å². The minimum Gasteiger partial charge on any atom is -0.352 e. The number of hydrogen-bond acceptors (Lipinski definition) is 1. The highest BCUT2D eigenvalue weighted by molar-refractivity contribution is 5.86.